The Morgan fingerprint density at radius 1 is 1.36 bits per heavy atom. The van der Waals surface area contributed by atoms with Crippen molar-refractivity contribution in [1.82, 2.24) is 19.7 Å². The Morgan fingerprint density at radius 2 is 2.16 bits per heavy atom. The third-order valence-electron chi connectivity index (χ3n) is 3.63. The standard InChI is InChI=1S/C16H15BrN5O2P/c1-2-12-10-4-3-9(17)5-11(10)16(24)22(21-12)7-14(23)20-15-13(25)6-18-8-19-15/h3-6,8H,2,7,25H2,1H3,(H,18,19,20,23). The number of carbonyl (C=O) groups excluding carboxylic acids is 1. The summed E-state index contributed by atoms with van der Waals surface area (Å²) in [7, 11) is 2.45. The summed E-state index contributed by atoms with van der Waals surface area (Å²) in [6, 6.07) is 5.48. The number of benzene rings is 1. The van der Waals surface area contributed by atoms with Crippen molar-refractivity contribution in [2.45, 2.75) is 19.9 Å². The van der Waals surface area contributed by atoms with E-state index in [2.05, 4.69) is 45.6 Å². The highest BCUT2D eigenvalue weighted by Crippen LogP contribution is 2.19. The first kappa shape index (κ1) is 17.6. The van der Waals surface area contributed by atoms with E-state index in [1.807, 2.05) is 19.1 Å². The van der Waals surface area contributed by atoms with Crippen LogP contribution in [0.5, 0.6) is 0 Å². The van der Waals surface area contributed by atoms with E-state index < -0.39 is 0 Å². The second-order valence-corrected chi connectivity index (χ2v) is 6.87. The summed E-state index contributed by atoms with van der Waals surface area (Å²) < 4.78 is 1.99. The minimum Gasteiger partial charge on any atom is -0.308 e. The molecule has 3 aromatic rings. The average Bonchev–Trinajstić information content (AvgIpc) is 2.59. The van der Waals surface area contributed by atoms with Gasteiger partial charge in [-0.15, -0.1) is 0 Å². The van der Waals surface area contributed by atoms with Gasteiger partial charge in [0.05, 0.1) is 11.1 Å². The number of hydrogen-bond donors (Lipinski definition) is 1. The molecule has 1 atom stereocenters. The van der Waals surface area contributed by atoms with Gasteiger partial charge in [0.2, 0.25) is 5.91 Å². The molecule has 0 saturated carbocycles. The van der Waals surface area contributed by atoms with Crippen molar-refractivity contribution in [1.29, 1.82) is 0 Å². The molecule has 0 aliphatic heterocycles. The van der Waals surface area contributed by atoms with Gasteiger partial charge < -0.3 is 5.32 Å². The highest BCUT2D eigenvalue weighted by atomic mass is 79.9. The molecule has 7 nitrogen and oxygen atoms in total. The molecule has 25 heavy (non-hydrogen) atoms. The summed E-state index contributed by atoms with van der Waals surface area (Å²) in [6.07, 6.45) is 3.57. The molecular formula is C16H15BrN5O2P. The van der Waals surface area contributed by atoms with Gasteiger partial charge in [0.1, 0.15) is 18.7 Å². The number of hydrogen-bond acceptors (Lipinski definition) is 5. The zero-order chi connectivity index (χ0) is 18.0. The summed E-state index contributed by atoms with van der Waals surface area (Å²) in [5.74, 6) is 0.00528. The van der Waals surface area contributed by atoms with E-state index in [9.17, 15) is 9.59 Å². The molecule has 0 aliphatic rings. The van der Waals surface area contributed by atoms with Crippen LogP contribution in [-0.4, -0.2) is 25.7 Å². The van der Waals surface area contributed by atoms with Crippen molar-refractivity contribution >= 4 is 53.0 Å². The quantitative estimate of drug-likeness (QED) is 0.649. The molecule has 128 valence electrons. The number of fused-ring (bicyclic) bond motifs is 1. The van der Waals surface area contributed by atoms with E-state index >= 15 is 0 Å². The fraction of sp³-hybridized carbons (Fsp3) is 0.188. The Hall–Kier alpha value is -2.18. The largest absolute Gasteiger partial charge is 0.308 e. The molecule has 0 spiro atoms. The van der Waals surface area contributed by atoms with Crippen LogP contribution in [0.25, 0.3) is 10.8 Å². The summed E-state index contributed by atoms with van der Waals surface area (Å²) in [5.41, 5.74) is 0.459. The van der Waals surface area contributed by atoms with E-state index in [1.165, 1.54) is 11.0 Å². The number of nitrogens with zero attached hydrogens (tertiary/aromatic N) is 4. The summed E-state index contributed by atoms with van der Waals surface area (Å²) >= 11 is 3.38. The number of anilines is 1. The maximum absolute atomic E-state index is 12.7. The van der Waals surface area contributed by atoms with Crippen LogP contribution in [0.15, 0.2) is 40.0 Å². The maximum Gasteiger partial charge on any atom is 0.275 e. The van der Waals surface area contributed by atoms with Crippen molar-refractivity contribution in [3.05, 3.63) is 51.2 Å². The first-order chi connectivity index (χ1) is 12.0. The third kappa shape index (κ3) is 3.75. The molecule has 3 rings (SSSR count). The lowest BCUT2D eigenvalue weighted by molar-refractivity contribution is -0.117. The normalized spacial score (nSPS) is 10.8. The minimum absolute atomic E-state index is 0.192. The SMILES string of the molecule is CCc1nn(CC(=O)Nc2ncncc2P)c(=O)c2cc(Br)ccc12. The van der Waals surface area contributed by atoms with Crippen LogP contribution in [0.4, 0.5) is 5.82 Å². The first-order valence-electron chi connectivity index (χ1n) is 7.54. The average molecular weight is 420 g/mol. The van der Waals surface area contributed by atoms with Crippen LogP contribution in [0.1, 0.15) is 12.6 Å². The zero-order valence-electron chi connectivity index (χ0n) is 13.4. The molecule has 9 heteroatoms. The van der Waals surface area contributed by atoms with E-state index in [4.69, 9.17) is 0 Å². The molecule has 1 aromatic carbocycles. The van der Waals surface area contributed by atoms with Gasteiger partial charge in [-0.05, 0) is 18.6 Å². The number of halogens is 1. The van der Waals surface area contributed by atoms with Gasteiger partial charge in [-0.3, -0.25) is 9.59 Å². The van der Waals surface area contributed by atoms with Gasteiger partial charge in [-0.2, -0.15) is 5.10 Å². The molecule has 0 aliphatic carbocycles. The molecule has 0 radical (unpaired) electrons. The number of nitrogens with one attached hydrogen (secondary N) is 1. The zero-order valence-corrected chi connectivity index (χ0v) is 16.1. The fourth-order valence-electron chi connectivity index (χ4n) is 2.45. The monoisotopic (exact) mass is 419 g/mol. The maximum atomic E-state index is 12.7. The highest BCUT2D eigenvalue weighted by Gasteiger charge is 2.13. The predicted octanol–water partition coefficient (Wildman–Crippen LogP) is 1.65. The molecule has 0 fully saturated rings. The Bertz CT molecular complexity index is 1020. The topological polar surface area (TPSA) is 89.8 Å². The van der Waals surface area contributed by atoms with Gasteiger partial charge in [0, 0.05) is 21.4 Å². The van der Waals surface area contributed by atoms with Crippen LogP contribution in [0.3, 0.4) is 0 Å². The lowest BCUT2D eigenvalue weighted by Crippen LogP contribution is -2.31. The molecule has 2 heterocycles. The molecule has 2 aromatic heterocycles. The smallest absolute Gasteiger partial charge is 0.275 e. The van der Waals surface area contributed by atoms with Crippen molar-refractivity contribution in [3.8, 4) is 0 Å². The lowest BCUT2D eigenvalue weighted by atomic mass is 10.1. The van der Waals surface area contributed by atoms with Crippen molar-refractivity contribution in [2.24, 2.45) is 0 Å². The highest BCUT2D eigenvalue weighted by molar-refractivity contribution is 9.10. The number of aromatic nitrogens is 4. The number of carbonyl (C=O) groups is 1. The van der Waals surface area contributed by atoms with Crippen LogP contribution in [0, 0.1) is 0 Å². The minimum atomic E-state index is -0.381. The van der Waals surface area contributed by atoms with Gasteiger partial charge in [-0.1, -0.05) is 38.2 Å². The Kier molecular flexibility index (Phi) is 5.20. The Morgan fingerprint density at radius 3 is 2.88 bits per heavy atom. The fourth-order valence-corrected chi connectivity index (χ4v) is 3.04. The number of aryl methyl sites for hydroxylation is 1. The summed E-state index contributed by atoms with van der Waals surface area (Å²) in [6.45, 7) is 1.77. The third-order valence-corrected chi connectivity index (χ3v) is 4.54. The molecule has 1 unspecified atom stereocenters. The van der Waals surface area contributed by atoms with E-state index in [-0.39, 0.29) is 18.0 Å². The lowest BCUT2D eigenvalue weighted by Gasteiger charge is -2.11. The van der Waals surface area contributed by atoms with E-state index in [0.717, 1.165) is 15.6 Å². The van der Waals surface area contributed by atoms with Crippen LogP contribution in [-0.2, 0) is 17.8 Å². The second kappa shape index (κ2) is 7.37. The predicted molar refractivity (Wildman–Crippen MR) is 103 cm³/mol. The second-order valence-electron chi connectivity index (χ2n) is 5.33. The number of amides is 1. The Balaban J connectivity index is 1.96. The van der Waals surface area contributed by atoms with E-state index in [0.29, 0.717) is 22.9 Å². The van der Waals surface area contributed by atoms with Crippen LogP contribution < -0.4 is 16.2 Å². The van der Waals surface area contributed by atoms with Gasteiger partial charge in [0.15, 0.2) is 0 Å². The molecular weight excluding hydrogens is 405 g/mol. The van der Waals surface area contributed by atoms with Gasteiger partial charge >= 0.3 is 0 Å². The molecule has 1 amide bonds. The summed E-state index contributed by atoms with van der Waals surface area (Å²) in [5, 5.41) is 9.00. The Labute approximate surface area is 154 Å². The van der Waals surface area contributed by atoms with Crippen LogP contribution in [0.2, 0.25) is 0 Å². The van der Waals surface area contributed by atoms with E-state index in [1.54, 1.807) is 12.3 Å². The first-order valence-corrected chi connectivity index (χ1v) is 8.91. The number of rotatable bonds is 4. The van der Waals surface area contributed by atoms with Gasteiger partial charge in [-0.25, -0.2) is 14.6 Å². The summed E-state index contributed by atoms with van der Waals surface area (Å²) in [4.78, 5) is 32.8. The molecule has 0 bridgehead atoms. The van der Waals surface area contributed by atoms with Crippen molar-refractivity contribution in [3.63, 3.8) is 0 Å². The van der Waals surface area contributed by atoms with Crippen LogP contribution >= 0.6 is 25.2 Å². The van der Waals surface area contributed by atoms with Gasteiger partial charge in [0.25, 0.3) is 5.56 Å². The molecule has 0 saturated heterocycles. The van der Waals surface area contributed by atoms with Crippen molar-refractivity contribution in [2.75, 3.05) is 5.32 Å². The molecule has 1 N–H and O–H groups in total. The van der Waals surface area contributed by atoms with Crippen molar-refractivity contribution < 1.29 is 4.79 Å².